The Hall–Kier alpha value is -1.69. The quantitative estimate of drug-likeness (QED) is 0.820. The number of sulfone groups is 1. The van der Waals surface area contributed by atoms with Crippen LogP contribution in [0.5, 0.6) is 0 Å². The van der Waals surface area contributed by atoms with E-state index in [0.717, 1.165) is 29.8 Å². The Labute approximate surface area is 149 Å². The number of benzene rings is 1. The van der Waals surface area contributed by atoms with Gasteiger partial charge in [0.2, 0.25) is 0 Å². The van der Waals surface area contributed by atoms with E-state index in [4.69, 9.17) is 0 Å². The number of anilines is 1. The highest BCUT2D eigenvalue weighted by Crippen LogP contribution is 2.45. The van der Waals surface area contributed by atoms with E-state index < -0.39 is 9.84 Å². The summed E-state index contributed by atoms with van der Waals surface area (Å²) >= 11 is 0. The molecule has 2 heterocycles. The molecule has 1 aromatic heterocycles. The molecule has 5 nitrogen and oxygen atoms in total. The van der Waals surface area contributed by atoms with Crippen LogP contribution >= 0.6 is 0 Å². The summed E-state index contributed by atoms with van der Waals surface area (Å²) in [5.74, 6) is 0.876. The lowest BCUT2D eigenvalue weighted by Gasteiger charge is -2.44. The molecule has 0 N–H and O–H groups in total. The molecule has 0 unspecified atom stereocenters. The number of piperidine rings is 1. The van der Waals surface area contributed by atoms with Crippen LogP contribution in [0.25, 0.3) is 10.9 Å². The predicted octanol–water partition coefficient (Wildman–Crippen LogP) is 3.58. The van der Waals surface area contributed by atoms with E-state index in [-0.39, 0.29) is 0 Å². The fourth-order valence-corrected chi connectivity index (χ4v) is 5.15. The topological polar surface area (TPSA) is 63.2 Å². The molecule has 6 heteroatoms. The number of fused-ring (bicyclic) bond motifs is 1. The van der Waals surface area contributed by atoms with Gasteiger partial charge in [-0.1, -0.05) is 19.3 Å². The highest BCUT2D eigenvalue weighted by molar-refractivity contribution is 7.90. The Morgan fingerprint density at radius 2 is 1.72 bits per heavy atom. The summed E-state index contributed by atoms with van der Waals surface area (Å²) < 4.78 is 23.8. The normalized spacial score (nSPS) is 20.9. The van der Waals surface area contributed by atoms with Gasteiger partial charge in [-0.15, -0.1) is 0 Å². The van der Waals surface area contributed by atoms with Crippen LogP contribution in [0.15, 0.2) is 29.4 Å². The van der Waals surface area contributed by atoms with Gasteiger partial charge in [-0.3, -0.25) is 0 Å². The molecule has 4 rings (SSSR count). The first kappa shape index (κ1) is 16.8. The molecular formula is C19H25N3O2S. The van der Waals surface area contributed by atoms with Crippen molar-refractivity contribution in [2.75, 3.05) is 24.2 Å². The van der Waals surface area contributed by atoms with Gasteiger partial charge in [0, 0.05) is 24.7 Å². The minimum absolute atomic E-state index is 0.330. The van der Waals surface area contributed by atoms with Crippen LogP contribution in [0.1, 0.15) is 44.9 Å². The zero-order valence-electron chi connectivity index (χ0n) is 14.7. The monoisotopic (exact) mass is 359 g/mol. The second-order valence-corrected chi connectivity index (χ2v) is 9.71. The Morgan fingerprint density at radius 3 is 2.40 bits per heavy atom. The molecule has 0 amide bonds. The second kappa shape index (κ2) is 6.24. The minimum Gasteiger partial charge on any atom is -0.356 e. The predicted molar refractivity (Wildman–Crippen MR) is 99.6 cm³/mol. The first-order valence-corrected chi connectivity index (χ1v) is 11.1. The van der Waals surface area contributed by atoms with Gasteiger partial charge >= 0.3 is 0 Å². The highest BCUT2D eigenvalue weighted by Gasteiger charge is 2.36. The van der Waals surface area contributed by atoms with Crippen LogP contribution in [-0.4, -0.2) is 37.7 Å². The molecule has 2 fully saturated rings. The van der Waals surface area contributed by atoms with E-state index in [1.54, 1.807) is 24.5 Å². The molecule has 1 spiro atoms. The van der Waals surface area contributed by atoms with Gasteiger partial charge < -0.3 is 4.90 Å². The third-order valence-corrected chi connectivity index (χ3v) is 7.16. The summed E-state index contributed by atoms with van der Waals surface area (Å²) in [4.78, 5) is 11.5. The van der Waals surface area contributed by atoms with Crippen LogP contribution in [0.3, 0.4) is 0 Å². The molecule has 0 radical (unpaired) electrons. The van der Waals surface area contributed by atoms with Gasteiger partial charge in [0.15, 0.2) is 9.84 Å². The van der Waals surface area contributed by atoms with Gasteiger partial charge in [0.25, 0.3) is 0 Å². The first-order chi connectivity index (χ1) is 12.0. The number of rotatable bonds is 2. The van der Waals surface area contributed by atoms with E-state index in [2.05, 4.69) is 14.9 Å². The van der Waals surface area contributed by atoms with Crippen molar-refractivity contribution in [3.8, 4) is 0 Å². The van der Waals surface area contributed by atoms with Crippen molar-refractivity contribution in [2.24, 2.45) is 5.41 Å². The van der Waals surface area contributed by atoms with E-state index in [1.807, 2.05) is 0 Å². The lowest BCUT2D eigenvalue weighted by Crippen LogP contribution is -2.41. The molecule has 1 aliphatic heterocycles. The van der Waals surface area contributed by atoms with E-state index in [0.29, 0.717) is 10.3 Å². The zero-order chi connectivity index (χ0) is 17.5. The van der Waals surface area contributed by atoms with E-state index in [9.17, 15) is 8.42 Å². The summed E-state index contributed by atoms with van der Waals surface area (Å²) in [6.45, 7) is 1.99. The van der Waals surface area contributed by atoms with Crippen molar-refractivity contribution >= 4 is 26.6 Å². The molecule has 0 atom stereocenters. The highest BCUT2D eigenvalue weighted by atomic mass is 32.2. The van der Waals surface area contributed by atoms with Gasteiger partial charge in [-0.2, -0.15) is 0 Å². The second-order valence-electron chi connectivity index (χ2n) is 7.70. The van der Waals surface area contributed by atoms with E-state index >= 15 is 0 Å². The molecule has 25 heavy (non-hydrogen) atoms. The average molecular weight is 359 g/mol. The van der Waals surface area contributed by atoms with Crippen LogP contribution in [-0.2, 0) is 9.84 Å². The van der Waals surface area contributed by atoms with Crippen LogP contribution in [0.4, 0.5) is 5.82 Å². The van der Waals surface area contributed by atoms with Crippen LogP contribution in [0, 0.1) is 5.41 Å². The Morgan fingerprint density at radius 1 is 1.00 bits per heavy atom. The standard InChI is InChI=1S/C19H25N3O2S/c1-25(23,24)15-5-6-17-16(13-15)18(21-14-20-17)22-11-9-19(10-12-22)7-3-2-4-8-19/h5-6,13-14H,2-4,7-12H2,1H3. The Kier molecular flexibility index (Phi) is 4.18. The maximum atomic E-state index is 11.9. The largest absolute Gasteiger partial charge is 0.356 e. The molecule has 0 bridgehead atoms. The van der Waals surface area contributed by atoms with Crippen molar-refractivity contribution in [1.29, 1.82) is 0 Å². The SMILES string of the molecule is CS(=O)(=O)c1ccc2ncnc(N3CCC4(CCCCC4)CC3)c2c1. The molecule has 134 valence electrons. The van der Waals surface area contributed by atoms with Crippen molar-refractivity contribution in [3.05, 3.63) is 24.5 Å². The fourth-order valence-electron chi connectivity index (χ4n) is 4.50. The van der Waals surface area contributed by atoms with Crippen molar-refractivity contribution < 1.29 is 8.42 Å². The summed E-state index contributed by atoms with van der Waals surface area (Å²) in [6.07, 6.45) is 12.1. The van der Waals surface area contributed by atoms with Gasteiger partial charge in [-0.25, -0.2) is 18.4 Å². The smallest absolute Gasteiger partial charge is 0.175 e. The van der Waals surface area contributed by atoms with Crippen molar-refractivity contribution in [1.82, 2.24) is 9.97 Å². The molecule has 1 aromatic carbocycles. The number of aromatic nitrogens is 2. The van der Waals surface area contributed by atoms with Crippen LogP contribution in [0.2, 0.25) is 0 Å². The molecule has 1 saturated heterocycles. The Bertz CT molecular complexity index is 879. The fraction of sp³-hybridized carbons (Fsp3) is 0.579. The number of hydrogen-bond acceptors (Lipinski definition) is 5. The molecule has 2 aliphatic rings. The first-order valence-electron chi connectivity index (χ1n) is 9.17. The third kappa shape index (κ3) is 3.24. The summed E-state index contributed by atoms with van der Waals surface area (Å²) in [5, 5.41) is 0.838. The number of nitrogens with zero attached hydrogens (tertiary/aromatic N) is 3. The maximum absolute atomic E-state index is 11.9. The van der Waals surface area contributed by atoms with Gasteiger partial charge in [0.05, 0.1) is 10.4 Å². The van der Waals surface area contributed by atoms with Crippen LogP contribution < -0.4 is 4.90 Å². The maximum Gasteiger partial charge on any atom is 0.175 e. The minimum atomic E-state index is -3.24. The van der Waals surface area contributed by atoms with Gasteiger partial charge in [-0.05, 0) is 49.3 Å². The summed E-state index contributed by atoms with van der Waals surface area (Å²) in [6, 6.07) is 5.14. The lowest BCUT2D eigenvalue weighted by atomic mass is 9.68. The molecule has 1 saturated carbocycles. The third-order valence-electron chi connectivity index (χ3n) is 6.05. The molecule has 2 aromatic rings. The van der Waals surface area contributed by atoms with E-state index in [1.165, 1.54) is 51.2 Å². The van der Waals surface area contributed by atoms with Crippen molar-refractivity contribution in [2.45, 2.75) is 49.8 Å². The van der Waals surface area contributed by atoms with Crippen molar-refractivity contribution in [3.63, 3.8) is 0 Å². The average Bonchev–Trinajstić information content (AvgIpc) is 2.61. The summed E-state index contributed by atoms with van der Waals surface area (Å²) in [7, 11) is -3.24. The lowest BCUT2D eigenvalue weighted by molar-refractivity contribution is 0.144. The Balaban J connectivity index is 1.65. The van der Waals surface area contributed by atoms with Gasteiger partial charge in [0.1, 0.15) is 12.1 Å². The molecule has 1 aliphatic carbocycles. The molecular weight excluding hydrogens is 334 g/mol. The summed E-state index contributed by atoms with van der Waals surface area (Å²) in [5.41, 5.74) is 1.34. The zero-order valence-corrected chi connectivity index (χ0v) is 15.6. The number of hydrogen-bond donors (Lipinski definition) is 0.